The van der Waals surface area contributed by atoms with Crippen LogP contribution in [0.2, 0.25) is 0 Å². The number of hydrogen-bond donors (Lipinski definition) is 0. The summed E-state index contributed by atoms with van der Waals surface area (Å²) in [5, 5.41) is 0. The predicted molar refractivity (Wildman–Crippen MR) is 33.1 cm³/mol. The lowest BCUT2D eigenvalue weighted by molar-refractivity contribution is -0.120. The summed E-state index contributed by atoms with van der Waals surface area (Å²) in [6.45, 7) is 2.62. The van der Waals surface area contributed by atoms with Crippen LogP contribution >= 0.6 is 0 Å². The molecule has 2 aliphatic heterocycles. The maximum atomic E-state index is 3.37. The molecule has 2 heterocycles. The molecule has 2 rings (SSSR count). The lowest BCUT2D eigenvalue weighted by Crippen LogP contribution is -2.11. The summed E-state index contributed by atoms with van der Waals surface area (Å²) >= 11 is 0. The quantitative estimate of drug-likeness (QED) is 0.419. The van der Waals surface area contributed by atoms with Crippen molar-refractivity contribution in [3.63, 3.8) is 0 Å². The summed E-state index contributed by atoms with van der Waals surface area (Å²) in [4.78, 5) is 0. The first-order valence-corrected chi connectivity index (χ1v) is 3.63. The van der Waals surface area contributed by atoms with Gasteiger partial charge in [0.2, 0.25) is 0 Å². The Labute approximate surface area is 50.4 Å². The van der Waals surface area contributed by atoms with Crippen LogP contribution in [0.3, 0.4) is 0 Å². The predicted octanol–water partition coefficient (Wildman–Crippen LogP) is 1.49. The minimum atomic E-state index is 0.926. The number of rotatable bonds is 0. The van der Waals surface area contributed by atoms with Crippen LogP contribution < -0.4 is 0 Å². The summed E-state index contributed by atoms with van der Waals surface area (Å²) < 4.78 is 3.37. The topological polar surface area (TPSA) is 2.70 Å². The van der Waals surface area contributed by atoms with E-state index in [1.54, 1.807) is 0 Å². The average Bonchev–Trinajstić information content (AvgIpc) is 2.15. The highest BCUT2D eigenvalue weighted by atomic mass is 16.7. The van der Waals surface area contributed by atoms with Gasteiger partial charge in [0.1, 0.15) is 13.2 Å². The molecular formula is C7H13O+. The summed E-state index contributed by atoms with van der Waals surface area (Å²) in [5.41, 5.74) is 0. The van der Waals surface area contributed by atoms with Crippen LogP contribution in [0.1, 0.15) is 25.7 Å². The number of hydrogen-bond acceptors (Lipinski definition) is 0. The van der Waals surface area contributed by atoms with Gasteiger partial charge in [-0.15, -0.1) is 0 Å². The fourth-order valence-electron chi connectivity index (χ4n) is 1.91. The third-order valence-corrected chi connectivity index (χ3v) is 2.34. The van der Waals surface area contributed by atoms with E-state index in [2.05, 4.69) is 4.37 Å². The second-order valence-electron chi connectivity index (χ2n) is 2.85. The fourth-order valence-corrected chi connectivity index (χ4v) is 1.91. The molecule has 0 bridgehead atoms. The van der Waals surface area contributed by atoms with Crippen LogP contribution in [0, 0.1) is 0 Å². The Balaban J connectivity index is 2.04. The van der Waals surface area contributed by atoms with E-state index in [0.717, 1.165) is 6.10 Å². The molecule has 2 saturated heterocycles. The van der Waals surface area contributed by atoms with Crippen molar-refractivity contribution >= 4 is 0 Å². The molecule has 0 amide bonds. The van der Waals surface area contributed by atoms with Crippen molar-refractivity contribution < 1.29 is 4.37 Å². The van der Waals surface area contributed by atoms with E-state index in [0.29, 0.717) is 0 Å². The second-order valence-corrected chi connectivity index (χ2v) is 2.85. The molecule has 0 spiro atoms. The van der Waals surface area contributed by atoms with Crippen molar-refractivity contribution in [1.82, 2.24) is 0 Å². The maximum Gasteiger partial charge on any atom is 0.156 e. The lowest BCUT2D eigenvalue weighted by Gasteiger charge is -2.09. The van der Waals surface area contributed by atoms with Gasteiger partial charge in [-0.25, -0.2) is 0 Å². The van der Waals surface area contributed by atoms with Crippen LogP contribution in [-0.2, 0) is 4.37 Å². The van der Waals surface area contributed by atoms with Crippen LogP contribution in [0.5, 0.6) is 0 Å². The van der Waals surface area contributed by atoms with Gasteiger partial charge in [0.15, 0.2) is 6.10 Å². The third-order valence-electron chi connectivity index (χ3n) is 2.34. The monoisotopic (exact) mass is 113 g/mol. The van der Waals surface area contributed by atoms with Gasteiger partial charge in [0, 0.05) is 25.7 Å². The van der Waals surface area contributed by atoms with Crippen LogP contribution in [0.25, 0.3) is 0 Å². The highest BCUT2D eigenvalue weighted by Gasteiger charge is 2.34. The molecule has 0 aliphatic carbocycles. The SMILES string of the molecule is C1CC2CCC[O+]2C1. The van der Waals surface area contributed by atoms with Crippen LogP contribution in [0.15, 0.2) is 0 Å². The Morgan fingerprint density at radius 1 is 1.00 bits per heavy atom. The van der Waals surface area contributed by atoms with Gasteiger partial charge < -0.3 is 4.37 Å². The van der Waals surface area contributed by atoms with Gasteiger partial charge in [-0.2, -0.15) is 0 Å². The van der Waals surface area contributed by atoms with Crippen LogP contribution in [-0.4, -0.2) is 19.3 Å². The van der Waals surface area contributed by atoms with Gasteiger partial charge in [0.25, 0.3) is 0 Å². The molecule has 8 heavy (non-hydrogen) atoms. The molecule has 0 radical (unpaired) electrons. The van der Waals surface area contributed by atoms with Crippen molar-refractivity contribution in [3.8, 4) is 0 Å². The first-order valence-electron chi connectivity index (χ1n) is 3.63. The highest BCUT2D eigenvalue weighted by molar-refractivity contribution is 4.75. The second kappa shape index (κ2) is 1.73. The summed E-state index contributed by atoms with van der Waals surface area (Å²) in [6.07, 6.45) is 6.68. The van der Waals surface area contributed by atoms with Crippen molar-refractivity contribution in [2.24, 2.45) is 0 Å². The van der Waals surface area contributed by atoms with E-state index >= 15 is 0 Å². The molecule has 1 nitrogen and oxygen atoms in total. The Bertz CT molecular complexity index is 70.4. The summed E-state index contributed by atoms with van der Waals surface area (Å²) in [5.74, 6) is 0. The Morgan fingerprint density at radius 3 is 2.12 bits per heavy atom. The van der Waals surface area contributed by atoms with Crippen molar-refractivity contribution in [1.29, 1.82) is 0 Å². The smallest absolute Gasteiger partial charge is 0.156 e. The molecule has 0 aromatic heterocycles. The Morgan fingerprint density at radius 2 is 1.62 bits per heavy atom. The highest BCUT2D eigenvalue weighted by Crippen LogP contribution is 2.31. The first-order chi connectivity index (χ1) is 3.97. The van der Waals surface area contributed by atoms with Gasteiger partial charge in [0.05, 0.1) is 0 Å². The van der Waals surface area contributed by atoms with Gasteiger partial charge >= 0.3 is 0 Å². The molecule has 0 saturated carbocycles. The first kappa shape index (κ1) is 4.80. The standard InChI is InChI=1S/C7H13O/c1-3-7-4-2-6-8(7)5-1/h7H,1-6H2/q+1. The Hall–Kier alpha value is -0.0400. The minimum absolute atomic E-state index is 0.926. The largest absolute Gasteiger partial charge is 0.420 e. The molecule has 0 aromatic carbocycles. The molecule has 0 atom stereocenters. The lowest BCUT2D eigenvalue weighted by atomic mass is 10.2. The van der Waals surface area contributed by atoms with E-state index in [9.17, 15) is 0 Å². The molecule has 2 aliphatic rings. The molecular weight excluding hydrogens is 100 g/mol. The van der Waals surface area contributed by atoms with E-state index < -0.39 is 0 Å². The van der Waals surface area contributed by atoms with E-state index in [4.69, 9.17) is 0 Å². The Kier molecular flexibility index (Phi) is 1.04. The van der Waals surface area contributed by atoms with Gasteiger partial charge in [-0.3, -0.25) is 0 Å². The molecule has 0 unspecified atom stereocenters. The third kappa shape index (κ3) is 0.576. The van der Waals surface area contributed by atoms with Crippen molar-refractivity contribution in [2.75, 3.05) is 13.2 Å². The molecule has 1 heteroatoms. The normalized spacial score (nSPS) is 31.5. The average molecular weight is 113 g/mol. The van der Waals surface area contributed by atoms with Gasteiger partial charge in [-0.1, -0.05) is 0 Å². The minimum Gasteiger partial charge on any atom is -0.420 e. The summed E-state index contributed by atoms with van der Waals surface area (Å²) in [7, 11) is 0. The zero-order valence-electron chi connectivity index (χ0n) is 5.23. The van der Waals surface area contributed by atoms with Gasteiger partial charge in [-0.05, 0) is 0 Å². The number of fused-ring (bicyclic) bond motifs is 1. The van der Waals surface area contributed by atoms with E-state index in [1.807, 2.05) is 0 Å². The van der Waals surface area contributed by atoms with E-state index in [1.165, 1.54) is 38.9 Å². The van der Waals surface area contributed by atoms with Crippen LogP contribution in [0.4, 0.5) is 0 Å². The molecule has 46 valence electrons. The fraction of sp³-hybridized carbons (Fsp3) is 1.00. The maximum absolute atomic E-state index is 3.37. The van der Waals surface area contributed by atoms with E-state index in [-0.39, 0.29) is 0 Å². The molecule has 0 N–H and O–H groups in total. The van der Waals surface area contributed by atoms with Crippen molar-refractivity contribution in [3.05, 3.63) is 0 Å². The molecule has 0 aromatic rings. The summed E-state index contributed by atoms with van der Waals surface area (Å²) in [6, 6.07) is 0. The zero-order chi connectivity index (χ0) is 5.40. The van der Waals surface area contributed by atoms with Crippen molar-refractivity contribution in [2.45, 2.75) is 31.8 Å². The zero-order valence-corrected chi connectivity index (χ0v) is 5.23. The molecule has 2 fully saturated rings.